The normalized spacial score (nSPS) is 20.2. The molecule has 0 radical (unpaired) electrons. The maximum atomic E-state index is 13.9. The molecule has 2 unspecified atom stereocenters. The average Bonchev–Trinajstić information content (AvgIpc) is 3.54. The molecule has 32 heavy (non-hydrogen) atoms. The summed E-state index contributed by atoms with van der Waals surface area (Å²) in [4.78, 5) is 9.23. The van der Waals surface area contributed by atoms with Crippen molar-refractivity contribution in [2.75, 3.05) is 59.5 Å². The van der Waals surface area contributed by atoms with Crippen molar-refractivity contribution in [3.63, 3.8) is 0 Å². The maximum Gasteiger partial charge on any atom is 0.191 e. The molecule has 2 N–H and O–H groups in total. The molecule has 3 heterocycles. The molecule has 2 aromatic rings. The Bertz CT molecular complexity index is 848. The van der Waals surface area contributed by atoms with Crippen LogP contribution in [0.2, 0.25) is 0 Å². The minimum atomic E-state index is -0.213. The monoisotopic (exact) mass is 443 g/mol. The fraction of sp³-hybridized carbons (Fsp3) is 0.542. The maximum absolute atomic E-state index is 13.9. The molecule has 1 aromatic heterocycles. The number of morpholine rings is 1. The topological polar surface area (TPSA) is 65.3 Å². The molecule has 2 atom stereocenters. The molecule has 7 nitrogen and oxygen atoms in total. The Morgan fingerprint density at radius 2 is 1.72 bits per heavy atom. The van der Waals surface area contributed by atoms with Gasteiger partial charge in [0.15, 0.2) is 5.96 Å². The molecule has 4 rings (SSSR count). The number of halogens is 1. The van der Waals surface area contributed by atoms with Crippen LogP contribution in [0.25, 0.3) is 0 Å². The number of nitrogens with one attached hydrogen (secondary N) is 2. The number of hydrogen-bond donors (Lipinski definition) is 2. The molecule has 2 aliphatic rings. The van der Waals surface area contributed by atoms with Crippen LogP contribution in [0.4, 0.5) is 4.39 Å². The largest absolute Gasteiger partial charge is 0.468 e. The van der Waals surface area contributed by atoms with E-state index in [0.717, 1.165) is 43.5 Å². The molecular formula is C24H34FN5O2. The van der Waals surface area contributed by atoms with E-state index in [-0.39, 0.29) is 17.9 Å². The number of aliphatic imine (C=N–C) groups is 1. The first-order valence-electron chi connectivity index (χ1n) is 11.5. The van der Waals surface area contributed by atoms with Crippen molar-refractivity contribution in [3.8, 4) is 0 Å². The highest BCUT2D eigenvalue weighted by Gasteiger charge is 2.26. The third-order valence-electron chi connectivity index (χ3n) is 6.32. The molecule has 0 saturated carbocycles. The van der Waals surface area contributed by atoms with Gasteiger partial charge in [-0.25, -0.2) is 4.39 Å². The standard InChI is InChI=1S/C24H34FN5O2/c1-26-24(28-18-22(23-8-5-13-32-23)29-9-2-3-10-29)27-17-21(30-11-14-31-15-12-30)19-6-4-7-20(25)16-19/h4-8,13,16,21-22H,2-3,9-12,14-15,17-18H2,1H3,(H2,26,27,28). The van der Waals surface area contributed by atoms with Crippen molar-refractivity contribution < 1.29 is 13.5 Å². The Labute approximate surface area is 189 Å². The van der Waals surface area contributed by atoms with Crippen molar-refractivity contribution in [3.05, 3.63) is 59.8 Å². The van der Waals surface area contributed by atoms with Gasteiger partial charge in [-0.1, -0.05) is 12.1 Å². The zero-order valence-corrected chi connectivity index (χ0v) is 18.8. The van der Waals surface area contributed by atoms with E-state index in [0.29, 0.717) is 26.3 Å². The second-order valence-corrected chi connectivity index (χ2v) is 8.33. The van der Waals surface area contributed by atoms with Gasteiger partial charge in [0.2, 0.25) is 0 Å². The molecule has 8 heteroatoms. The summed E-state index contributed by atoms with van der Waals surface area (Å²) in [7, 11) is 1.78. The Morgan fingerprint density at radius 3 is 2.38 bits per heavy atom. The molecule has 0 amide bonds. The van der Waals surface area contributed by atoms with E-state index in [9.17, 15) is 4.39 Å². The van der Waals surface area contributed by atoms with Gasteiger partial charge in [-0.3, -0.25) is 14.8 Å². The summed E-state index contributed by atoms with van der Waals surface area (Å²) in [6.07, 6.45) is 4.18. The lowest BCUT2D eigenvalue weighted by Crippen LogP contribution is -2.47. The number of likely N-dealkylation sites (tertiary alicyclic amines) is 1. The van der Waals surface area contributed by atoms with Gasteiger partial charge < -0.3 is 19.8 Å². The summed E-state index contributed by atoms with van der Waals surface area (Å²) in [5.74, 6) is 1.49. The minimum absolute atomic E-state index is 0.0348. The van der Waals surface area contributed by atoms with Gasteiger partial charge in [0.1, 0.15) is 11.6 Å². The molecule has 174 valence electrons. The quantitative estimate of drug-likeness (QED) is 0.483. The first-order chi connectivity index (χ1) is 15.7. The van der Waals surface area contributed by atoms with Crippen molar-refractivity contribution in [1.82, 2.24) is 20.4 Å². The number of rotatable bonds is 8. The second-order valence-electron chi connectivity index (χ2n) is 8.33. The number of ether oxygens (including phenoxy) is 1. The van der Waals surface area contributed by atoms with Crippen molar-refractivity contribution in [2.24, 2.45) is 4.99 Å². The van der Waals surface area contributed by atoms with Crippen LogP contribution in [-0.4, -0.2) is 75.3 Å². The highest BCUT2D eigenvalue weighted by Crippen LogP contribution is 2.25. The van der Waals surface area contributed by atoms with Gasteiger partial charge in [-0.05, 0) is 55.8 Å². The van der Waals surface area contributed by atoms with Crippen LogP contribution in [0.1, 0.15) is 36.2 Å². The van der Waals surface area contributed by atoms with Crippen molar-refractivity contribution >= 4 is 5.96 Å². The Balaban J connectivity index is 1.40. The van der Waals surface area contributed by atoms with Crippen LogP contribution in [0.15, 0.2) is 52.1 Å². The number of hydrogen-bond acceptors (Lipinski definition) is 5. The Kier molecular flexibility index (Phi) is 8.14. The van der Waals surface area contributed by atoms with Gasteiger partial charge >= 0.3 is 0 Å². The average molecular weight is 444 g/mol. The summed E-state index contributed by atoms with van der Waals surface area (Å²) >= 11 is 0. The molecule has 2 saturated heterocycles. The van der Waals surface area contributed by atoms with E-state index in [2.05, 4.69) is 25.4 Å². The smallest absolute Gasteiger partial charge is 0.191 e. The first kappa shape index (κ1) is 22.8. The minimum Gasteiger partial charge on any atom is -0.468 e. The highest BCUT2D eigenvalue weighted by molar-refractivity contribution is 5.79. The number of benzene rings is 1. The van der Waals surface area contributed by atoms with Crippen molar-refractivity contribution in [1.29, 1.82) is 0 Å². The molecule has 0 bridgehead atoms. The molecule has 2 fully saturated rings. The highest BCUT2D eigenvalue weighted by atomic mass is 19.1. The number of furan rings is 1. The van der Waals surface area contributed by atoms with Gasteiger partial charge in [0.05, 0.1) is 31.6 Å². The summed E-state index contributed by atoms with van der Waals surface area (Å²) in [6.45, 7) is 6.52. The van der Waals surface area contributed by atoms with Gasteiger partial charge in [-0.15, -0.1) is 0 Å². The predicted octanol–water partition coefficient (Wildman–Crippen LogP) is 2.79. The summed E-state index contributed by atoms with van der Waals surface area (Å²) in [5.41, 5.74) is 0.959. The molecular weight excluding hydrogens is 409 g/mol. The lowest BCUT2D eigenvalue weighted by molar-refractivity contribution is 0.0169. The van der Waals surface area contributed by atoms with E-state index >= 15 is 0 Å². The first-order valence-corrected chi connectivity index (χ1v) is 11.5. The summed E-state index contributed by atoms with van der Waals surface area (Å²) in [5, 5.41) is 6.94. The fourth-order valence-electron chi connectivity index (χ4n) is 4.61. The zero-order chi connectivity index (χ0) is 22.2. The van der Waals surface area contributed by atoms with Crippen LogP contribution in [0.5, 0.6) is 0 Å². The number of guanidine groups is 1. The SMILES string of the molecule is CN=C(NCC(c1cccc(F)c1)N1CCOCC1)NCC(c1ccco1)N1CCCC1. The third-order valence-corrected chi connectivity index (χ3v) is 6.32. The lowest BCUT2D eigenvalue weighted by Gasteiger charge is -2.35. The van der Waals surface area contributed by atoms with Crippen LogP contribution in [0, 0.1) is 5.82 Å². The van der Waals surface area contributed by atoms with Crippen LogP contribution in [-0.2, 0) is 4.74 Å². The summed E-state index contributed by atoms with van der Waals surface area (Å²) < 4.78 is 25.2. The van der Waals surface area contributed by atoms with E-state index < -0.39 is 0 Å². The molecule has 0 spiro atoms. The van der Waals surface area contributed by atoms with Gasteiger partial charge in [0, 0.05) is 33.2 Å². The second kappa shape index (κ2) is 11.4. The van der Waals surface area contributed by atoms with E-state index in [1.165, 1.54) is 18.9 Å². The van der Waals surface area contributed by atoms with Crippen LogP contribution in [0.3, 0.4) is 0 Å². The fourth-order valence-corrected chi connectivity index (χ4v) is 4.61. The lowest BCUT2D eigenvalue weighted by atomic mass is 10.0. The predicted molar refractivity (Wildman–Crippen MR) is 123 cm³/mol. The van der Waals surface area contributed by atoms with Crippen molar-refractivity contribution in [2.45, 2.75) is 24.9 Å². The zero-order valence-electron chi connectivity index (χ0n) is 18.8. The summed E-state index contributed by atoms with van der Waals surface area (Å²) in [6, 6.07) is 11.1. The van der Waals surface area contributed by atoms with Gasteiger partial charge in [0.25, 0.3) is 0 Å². The molecule has 0 aliphatic carbocycles. The molecule has 2 aliphatic heterocycles. The molecule has 1 aromatic carbocycles. The van der Waals surface area contributed by atoms with E-state index in [1.54, 1.807) is 25.4 Å². The van der Waals surface area contributed by atoms with E-state index in [1.807, 2.05) is 18.2 Å². The van der Waals surface area contributed by atoms with Gasteiger partial charge in [-0.2, -0.15) is 0 Å². The third kappa shape index (κ3) is 5.88. The number of nitrogens with zero attached hydrogens (tertiary/aromatic N) is 3. The Hall–Kier alpha value is -2.42. The van der Waals surface area contributed by atoms with Crippen LogP contribution < -0.4 is 10.6 Å². The Morgan fingerprint density at radius 1 is 1.00 bits per heavy atom. The van der Waals surface area contributed by atoms with Crippen LogP contribution >= 0.6 is 0 Å². The van der Waals surface area contributed by atoms with E-state index in [4.69, 9.17) is 9.15 Å².